The van der Waals surface area contributed by atoms with Gasteiger partial charge in [-0.25, -0.2) is 0 Å². The van der Waals surface area contributed by atoms with Crippen molar-refractivity contribution < 1.29 is 8.83 Å². The maximum absolute atomic E-state index is 6.52. The van der Waals surface area contributed by atoms with E-state index in [0.717, 1.165) is 72.0 Å². The third-order valence-corrected chi connectivity index (χ3v) is 12.4. The summed E-state index contributed by atoms with van der Waals surface area (Å²) in [7, 11) is 0. The van der Waals surface area contributed by atoms with Crippen molar-refractivity contribution in [3.63, 3.8) is 0 Å². The Balaban J connectivity index is 0.868. The number of rotatable bonds is 5. The molecular weight excluding hydrogens is 733 g/mol. The maximum Gasteiger partial charge on any atom is 0.213 e. The minimum atomic E-state index is 0.871. The fourth-order valence-corrected chi connectivity index (χ4v) is 9.55. The summed E-state index contributed by atoms with van der Waals surface area (Å²) in [5.74, 6) is 0. The van der Waals surface area contributed by atoms with Gasteiger partial charge in [-0.3, -0.25) is 4.57 Å². The molecule has 0 unspecified atom stereocenters. The topological polar surface area (TPSA) is 36.1 Å². The van der Waals surface area contributed by atoms with Gasteiger partial charge < -0.3 is 13.4 Å². The van der Waals surface area contributed by atoms with E-state index in [2.05, 4.69) is 197 Å². The first-order chi connectivity index (χ1) is 29.7. The van der Waals surface area contributed by atoms with Gasteiger partial charge in [0, 0.05) is 49.3 Å². The first-order valence-corrected chi connectivity index (χ1v) is 20.4. The van der Waals surface area contributed by atoms with E-state index < -0.39 is 0 Å². The zero-order valence-electron chi connectivity index (χ0n) is 32.3. The van der Waals surface area contributed by atoms with E-state index in [1.165, 1.54) is 49.4 Å². The lowest BCUT2D eigenvalue weighted by Gasteiger charge is -2.10. The molecule has 0 amide bonds. The SMILES string of the molecule is c1ccc(-n2c3ccc(-c4ccc(-c5ccc6c(c5)c5ccccc5n6-c5ccc(-c6cccc7c6oc6ccccc67)cc5)cc4)cc3c3c4ccccc4oc32)cc1. The number of hydrogen-bond acceptors (Lipinski definition) is 2. The molecule has 13 rings (SSSR count). The highest BCUT2D eigenvalue weighted by molar-refractivity contribution is 6.20. The van der Waals surface area contributed by atoms with Crippen LogP contribution in [0.1, 0.15) is 0 Å². The number of fused-ring (bicyclic) bond motifs is 11. The van der Waals surface area contributed by atoms with Crippen LogP contribution in [0.5, 0.6) is 0 Å². The molecule has 0 N–H and O–H groups in total. The number of furan rings is 2. The molecule has 0 radical (unpaired) electrons. The zero-order chi connectivity index (χ0) is 39.3. The standard InChI is InChI=1S/C56H34N2O2/c1-2-11-40(12-3-1)58-51-32-28-39(34-48(51)54-46-15-6-9-20-53(46)60-56(54)58)36-23-21-35(22-24-36)38-27-31-50-47(33-38)43-13-4-7-18-49(43)57(50)41-29-25-37(26-30-41)42-16-10-17-45-44-14-5-8-19-52(44)59-55(42)45/h1-34H. The second-order valence-electron chi connectivity index (χ2n) is 15.7. The molecule has 0 spiro atoms. The van der Waals surface area contributed by atoms with Crippen molar-refractivity contribution in [2.75, 3.05) is 0 Å². The molecule has 4 aromatic heterocycles. The summed E-state index contributed by atoms with van der Waals surface area (Å²) in [5.41, 5.74) is 16.2. The van der Waals surface area contributed by atoms with Gasteiger partial charge in [0.1, 0.15) is 16.7 Å². The number of para-hydroxylation sites is 5. The molecule has 0 fully saturated rings. The molecule has 0 aliphatic carbocycles. The lowest BCUT2D eigenvalue weighted by atomic mass is 9.98. The Morgan fingerprint density at radius 1 is 0.300 bits per heavy atom. The van der Waals surface area contributed by atoms with Crippen LogP contribution in [-0.4, -0.2) is 9.13 Å². The highest BCUT2D eigenvalue weighted by Gasteiger charge is 2.20. The summed E-state index contributed by atoms with van der Waals surface area (Å²) in [4.78, 5) is 0. The van der Waals surface area contributed by atoms with Crippen molar-refractivity contribution in [3.8, 4) is 44.8 Å². The third kappa shape index (κ3) is 4.85. The molecule has 9 aromatic carbocycles. The van der Waals surface area contributed by atoms with Crippen LogP contribution in [0.4, 0.5) is 0 Å². The van der Waals surface area contributed by atoms with Crippen LogP contribution in [0.2, 0.25) is 0 Å². The van der Waals surface area contributed by atoms with Crippen LogP contribution < -0.4 is 0 Å². The molecule has 60 heavy (non-hydrogen) atoms. The Bertz CT molecular complexity index is 3800. The first kappa shape index (κ1) is 32.9. The fraction of sp³-hybridized carbons (Fsp3) is 0. The van der Waals surface area contributed by atoms with Crippen molar-refractivity contribution in [2.24, 2.45) is 0 Å². The van der Waals surface area contributed by atoms with E-state index in [1.807, 2.05) is 18.2 Å². The van der Waals surface area contributed by atoms with Crippen LogP contribution in [0.3, 0.4) is 0 Å². The van der Waals surface area contributed by atoms with Crippen LogP contribution in [0, 0.1) is 0 Å². The zero-order valence-corrected chi connectivity index (χ0v) is 32.3. The monoisotopic (exact) mass is 766 g/mol. The van der Waals surface area contributed by atoms with Gasteiger partial charge in [0.25, 0.3) is 0 Å². The van der Waals surface area contributed by atoms with Gasteiger partial charge in [-0.2, -0.15) is 0 Å². The first-order valence-electron chi connectivity index (χ1n) is 20.4. The summed E-state index contributed by atoms with van der Waals surface area (Å²) in [6, 6.07) is 73.7. The quantitative estimate of drug-likeness (QED) is 0.175. The number of hydrogen-bond donors (Lipinski definition) is 0. The maximum atomic E-state index is 6.52. The molecule has 0 aliphatic heterocycles. The molecule has 4 heterocycles. The molecule has 13 aromatic rings. The lowest BCUT2D eigenvalue weighted by Crippen LogP contribution is -1.93. The summed E-state index contributed by atoms with van der Waals surface area (Å²) in [5, 5.41) is 8.20. The molecule has 280 valence electrons. The van der Waals surface area contributed by atoms with E-state index in [0.29, 0.717) is 0 Å². The van der Waals surface area contributed by atoms with Crippen molar-refractivity contribution in [1.29, 1.82) is 0 Å². The van der Waals surface area contributed by atoms with Gasteiger partial charge in [0.15, 0.2) is 0 Å². The molecule has 0 atom stereocenters. The van der Waals surface area contributed by atoms with Gasteiger partial charge in [0.05, 0.1) is 21.9 Å². The predicted octanol–water partition coefficient (Wildman–Crippen LogP) is 15.5. The van der Waals surface area contributed by atoms with Gasteiger partial charge >= 0.3 is 0 Å². The Morgan fingerprint density at radius 2 is 0.833 bits per heavy atom. The molecule has 4 heteroatoms. The lowest BCUT2D eigenvalue weighted by molar-refractivity contribution is 0.645. The highest BCUT2D eigenvalue weighted by Crippen LogP contribution is 2.42. The van der Waals surface area contributed by atoms with Crippen LogP contribution in [-0.2, 0) is 0 Å². The average molecular weight is 767 g/mol. The summed E-state index contributed by atoms with van der Waals surface area (Å²) in [6.07, 6.45) is 0. The predicted molar refractivity (Wildman–Crippen MR) is 248 cm³/mol. The molecule has 0 saturated heterocycles. The Labute approximate surface area is 344 Å². The van der Waals surface area contributed by atoms with Crippen LogP contribution in [0.25, 0.3) is 121 Å². The van der Waals surface area contributed by atoms with E-state index in [-0.39, 0.29) is 0 Å². The van der Waals surface area contributed by atoms with Gasteiger partial charge in [0.2, 0.25) is 5.71 Å². The van der Waals surface area contributed by atoms with Gasteiger partial charge in [-0.05, 0) is 94.5 Å². The summed E-state index contributed by atoms with van der Waals surface area (Å²) < 4.78 is 17.5. The second-order valence-corrected chi connectivity index (χ2v) is 15.7. The largest absolute Gasteiger partial charge is 0.455 e. The fourth-order valence-electron chi connectivity index (χ4n) is 9.55. The molecule has 0 bridgehead atoms. The highest BCUT2D eigenvalue weighted by atomic mass is 16.3. The van der Waals surface area contributed by atoms with Crippen LogP contribution >= 0.6 is 0 Å². The Hall–Kier alpha value is -8.08. The minimum Gasteiger partial charge on any atom is -0.455 e. The van der Waals surface area contributed by atoms with Crippen molar-refractivity contribution in [3.05, 3.63) is 206 Å². The number of aromatic nitrogens is 2. The molecular formula is C56H34N2O2. The second kappa shape index (κ2) is 12.7. The minimum absolute atomic E-state index is 0.871. The van der Waals surface area contributed by atoms with E-state index >= 15 is 0 Å². The smallest absolute Gasteiger partial charge is 0.213 e. The van der Waals surface area contributed by atoms with Crippen LogP contribution in [0.15, 0.2) is 215 Å². The van der Waals surface area contributed by atoms with E-state index in [4.69, 9.17) is 8.83 Å². The summed E-state index contributed by atoms with van der Waals surface area (Å²) in [6.45, 7) is 0. The van der Waals surface area contributed by atoms with E-state index in [1.54, 1.807) is 0 Å². The molecule has 4 nitrogen and oxygen atoms in total. The molecule has 0 saturated carbocycles. The Kier molecular flexibility index (Phi) is 6.98. The van der Waals surface area contributed by atoms with Gasteiger partial charge in [-0.1, -0.05) is 140 Å². The number of nitrogens with zero attached hydrogens (tertiary/aromatic N) is 2. The Morgan fingerprint density at radius 3 is 1.58 bits per heavy atom. The number of benzene rings is 9. The van der Waals surface area contributed by atoms with Crippen molar-refractivity contribution in [1.82, 2.24) is 9.13 Å². The third-order valence-electron chi connectivity index (χ3n) is 12.4. The normalized spacial score (nSPS) is 12.0. The van der Waals surface area contributed by atoms with Gasteiger partial charge in [-0.15, -0.1) is 0 Å². The van der Waals surface area contributed by atoms with Crippen molar-refractivity contribution >= 4 is 76.7 Å². The van der Waals surface area contributed by atoms with Crippen molar-refractivity contribution in [2.45, 2.75) is 0 Å². The molecule has 0 aliphatic rings. The summed E-state index contributed by atoms with van der Waals surface area (Å²) >= 11 is 0. The van der Waals surface area contributed by atoms with E-state index in [9.17, 15) is 0 Å². The average Bonchev–Trinajstić information content (AvgIpc) is 4.06.